The molecule has 1 aromatic carbocycles. The molecule has 0 radical (unpaired) electrons. The van der Waals surface area contributed by atoms with Gasteiger partial charge in [-0.05, 0) is 36.8 Å². The van der Waals surface area contributed by atoms with Crippen LogP contribution in [0, 0.1) is 0 Å². The normalized spacial score (nSPS) is 14.8. The van der Waals surface area contributed by atoms with Crippen LogP contribution >= 0.6 is 0 Å². The Labute approximate surface area is 126 Å². The second kappa shape index (κ2) is 6.25. The second-order valence-corrected chi connectivity index (χ2v) is 5.80. The summed E-state index contributed by atoms with van der Waals surface area (Å²) in [7, 11) is 1.93. The fourth-order valence-electron chi connectivity index (χ4n) is 3.04. The molecular weight excluding hydrogens is 258 g/mol. The number of rotatable bonds is 5. The van der Waals surface area contributed by atoms with E-state index >= 15 is 0 Å². The summed E-state index contributed by atoms with van der Waals surface area (Å²) < 4.78 is 0. The summed E-state index contributed by atoms with van der Waals surface area (Å²) in [5, 5.41) is 3.20. The van der Waals surface area contributed by atoms with Crippen LogP contribution in [-0.4, -0.2) is 17.0 Å². The Balaban J connectivity index is 2.02. The van der Waals surface area contributed by atoms with Gasteiger partial charge in [-0.2, -0.15) is 0 Å². The zero-order chi connectivity index (χ0) is 14.7. The summed E-state index contributed by atoms with van der Waals surface area (Å²) in [5.41, 5.74) is 5.00. The fourth-order valence-corrected chi connectivity index (χ4v) is 3.04. The first-order valence-corrected chi connectivity index (χ1v) is 7.95. The topological polar surface area (TPSA) is 37.8 Å². The molecule has 2 aromatic rings. The highest BCUT2D eigenvalue weighted by Gasteiger charge is 2.20. The van der Waals surface area contributed by atoms with Gasteiger partial charge < -0.3 is 5.32 Å². The Morgan fingerprint density at radius 1 is 1.24 bits per heavy atom. The summed E-state index contributed by atoms with van der Waals surface area (Å²) in [6.45, 7) is 2.20. The Kier molecular flexibility index (Phi) is 4.18. The molecule has 0 atom stereocenters. The van der Waals surface area contributed by atoms with Gasteiger partial charge in [0, 0.05) is 18.2 Å². The number of anilines is 1. The standard InChI is InChI=1S/C18H23N3/c1-3-6-16-17(20-12-21-18(16)19-2)15-10-5-9-14(11-15)13-7-4-8-13/h5,9-13H,3-4,6-8H2,1-2H3,(H,19,20,21). The number of nitrogens with zero attached hydrogens (tertiary/aromatic N) is 2. The predicted molar refractivity (Wildman–Crippen MR) is 87.6 cm³/mol. The minimum atomic E-state index is 0.755. The van der Waals surface area contributed by atoms with E-state index in [4.69, 9.17) is 0 Å². The molecule has 3 heteroatoms. The highest BCUT2D eigenvalue weighted by molar-refractivity contribution is 5.69. The average Bonchev–Trinajstić information content (AvgIpc) is 2.46. The van der Waals surface area contributed by atoms with Crippen molar-refractivity contribution < 1.29 is 0 Å². The minimum absolute atomic E-state index is 0.755. The Morgan fingerprint density at radius 2 is 2.10 bits per heavy atom. The Bertz CT molecular complexity index is 618. The lowest BCUT2D eigenvalue weighted by Crippen LogP contribution is -2.09. The number of benzene rings is 1. The molecule has 1 heterocycles. The maximum Gasteiger partial charge on any atom is 0.132 e. The molecule has 1 aliphatic carbocycles. The molecule has 1 N–H and O–H groups in total. The lowest BCUT2D eigenvalue weighted by atomic mass is 9.79. The zero-order valence-corrected chi connectivity index (χ0v) is 12.9. The lowest BCUT2D eigenvalue weighted by Gasteiger charge is -2.26. The van der Waals surface area contributed by atoms with Gasteiger partial charge in [-0.15, -0.1) is 0 Å². The molecule has 0 saturated heterocycles. The van der Waals surface area contributed by atoms with Crippen LogP contribution in [0.5, 0.6) is 0 Å². The van der Waals surface area contributed by atoms with Gasteiger partial charge in [0.1, 0.15) is 12.1 Å². The van der Waals surface area contributed by atoms with Gasteiger partial charge in [0.25, 0.3) is 0 Å². The quantitative estimate of drug-likeness (QED) is 0.882. The van der Waals surface area contributed by atoms with E-state index in [-0.39, 0.29) is 0 Å². The van der Waals surface area contributed by atoms with Crippen LogP contribution in [0.25, 0.3) is 11.3 Å². The first kappa shape index (κ1) is 14.1. The van der Waals surface area contributed by atoms with E-state index in [1.165, 1.54) is 36.0 Å². The van der Waals surface area contributed by atoms with Gasteiger partial charge >= 0.3 is 0 Å². The summed E-state index contributed by atoms with van der Waals surface area (Å²) >= 11 is 0. The van der Waals surface area contributed by atoms with Gasteiger partial charge in [-0.3, -0.25) is 0 Å². The molecule has 1 saturated carbocycles. The van der Waals surface area contributed by atoms with Crippen LogP contribution in [0.15, 0.2) is 30.6 Å². The van der Waals surface area contributed by atoms with Gasteiger partial charge in [0.05, 0.1) is 5.69 Å². The first-order chi connectivity index (χ1) is 10.3. The van der Waals surface area contributed by atoms with E-state index in [1.54, 1.807) is 6.33 Å². The van der Waals surface area contributed by atoms with E-state index in [2.05, 4.69) is 46.5 Å². The van der Waals surface area contributed by atoms with Crippen molar-refractivity contribution in [3.8, 4) is 11.3 Å². The van der Waals surface area contributed by atoms with E-state index in [0.717, 1.165) is 30.3 Å². The Hall–Kier alpha value is -1.90. The number of hydrogen-bond acceptors (Lipinski definition) is 3. The van der Waals surface area contributed by atoms with E-state index in [9.17, 15) is 0 Å². The van der Waals surface area contributed by atoms with E-state index in [1.807, 2.05) is 7.05 Å². The molecule has 0 spiro atoms. The molecule has 0 bridgehead atoms. The van der Waals surface area contributed by atoms with Crippen molar-refractivity contribution in [3.05, 3.63) is 41.7 Å². The molecule has 3 rings (SSSR count). The summed E-state index contributed by atoms with van der Waals surface area (Å²) in [6, 6.07) is 8.92. The molecule has 21 heavy (non-hydrogen) atoms. The van der Waals surface area contributed by atoms with E-state index < -0.39 is 0 Å². The second-order valence-electron chi connectivity index (χ2n) is 5.80. The van der Waals surface area contributed by atoms with Crippen molar-refractivity contribution in [2.45, 2.75) is 44.9 Å². The molecular formula is C18H23N3. The molecule has 110 valence electrons. The molecule has 1 aliphatic rings. The van der Waals surface area contributed by atoms with Gasteiger partial charge in [-0.25, -0.2) is 9.97 Å². The average molecular weight is 281 g/mol. The number of nitrogens with one attached hydrogen (secondary N) is 1. The fraction of sp³-hybridized carbons (Fsp3) is 0.444. The maximum atomic E-state index is 4.57. The van der Waals surface area contributed by atoms with Crippen LogP contribution in [0.3, 0.4) is 0 Å². The molecule has 0 amide bonds. The van der Waals surface area contributed by atoms with Gasteiger partial charge in [0.15, 0.2) is 0 Å². The van der Waals surface area contributed by atoms with Crippen LogP contribution < -0.4 is 5.32 Å². The molecule has 0 aliphatic heterocycles. The van der Waals surface area contributed by atoms with Crippen molar-refractivity contribution >= 4 is 5.82 Å². The van der Waals surface area contributed by atoms with Crippen molar-refractivity contribution in [2.24, 2.45) is 0 Å². The van der Waals surface area contributed by atoms with E-state index in [0.29, 0.717) is 0 Å². The predicted octanol–water partition coefficient (Wildman–Crippen LogP) is 4.41. The summed E-state index contributed by atoms with van der Waals surface area (Å²) in [5.74, 6) is 1.71. The monoisotopic (exact) mass is 281 g/mol. The first-order valence-electron chi connectivity index (χ1n) is 7.95. The molecule has 3 nitrogen and oxygen atoms in total. The van der Waals surface area contributed by atoms with Crippen molar-refractivity contribution in [2.75, 3.05) is 12.4 Å². The number of hydrogen-bond donors (Lipinski definition) is 1. The lowest BCUT2D eigenvalue weighted by molar-refractivity contribution is 0.420. The third-order valence-electron chi connectivity index (χ3n) is 4.42. The SMILES string of the molecule is CCCc1c(NC)ncnc1-c1cccc(C2CCC2)c1. The third-order valence-corrected chi connectivity index (χ3v) is 4.42. The summed E-state index contributed by atoms with van der Waals surface area (Å²) in [6.07, 6.45) is 7.79. The van der Waals surface area contributed by atoms with Crippen molar-refractivity contribution in [1.29, 1.82) is 0 Å². The Morgan fingerprint density at radius 3 is 2.76 bits per heavy atom. The van der Waals surface area contributed by atoms with Crippen LogP contribution in [-0.2, 0) is 6.42 Å². The van der Waals surface area contributed by atoms with Crippen molar-refractivity contribution in [3.63, 3.8) is 0 Å². The third kappa shape index (κ3) is 2.78. The molecule has 0 unspecified atom stereocenters. The highest BCUT2D eigenvalue weighted by Crippen LogP contribution is 2.38. The summed E-state index contributed by atoms with van der Waals surface area (Å²) in [4.78, 5) is 8.93. The zero-order valence-electron chi connectivity index (χ0n) is 12.9. The maximum absolute atomic E-state index is 4.57. The van der Waals surface area contributed by atoms with Crippen LogP contribution in [0.4, 0.5) is 5.82 Å². The largest absolute Gasteiger partial charge is 0.373 e. The minimum Gasteiger partial charge on any atom is -0.373 e. The number of aromatic nitrogens is 2. The van der Waals surface area contributed by atoms with Crippen LogP contribution in [0.2, 0.25) is 0 Å². The van der Waals surface area contributed by atoms with Crippen molar-refractivity contribution in [1.82, 2.24) is 9.97 Å². The molecule has 1 fully saturated rings. The highest BCUT2D eigenvalue weighted by atomic mass is 15.0. The van der Waals surface area contributed by atoms with Gasteiger partial charge in [-0.1, -0.05) is 38.0 Å². The molecule has 1 aromatic heterocycles. The van der Waals surface area contributed by atoms with Gasteiger partial charge in [0.2, 0.25) is 0 Å². The van der Waals surface area contributed by atoms with Crippen LogP contribution in [0.1, 0.15) is 49.7 Å². The smallest absolute Gasteiger partial charge is 0.132 e.